The lowest BCUT2D eigenvalue weighted by Gasteiger charge is -2.24. The second kappa shape index (κ2) is 8.57. The molecule has 4 aromatic rings. The van der Waals surface area contributed by atoms with Gasteiger partial charge in [-0.25, -0.2) is 8.77 Å². The van der Waals surface area contributed by atoms with Crippen LogP contribution in [0, 0.1) is 0 Å². The maximum Gasteiger partial charge on any atom is 0.410 e. The van der Waals surface area contributed by atoms with Gasteiger partial charge in [0, 0.05) is 30.3 Å². The summed E-state index contributed by atoms with van der Waals surface area (Å²) in [4.78, 5) is 13.8. The first-order chi connectivity index (χ1) is 15.9. The molecule has 0 aliphatic carbocycles. The van der Waals surface area contributed by atoms with Gasteiger partial charge in [-0.2, -0.15) is 8.42 Å². The van der Waals surface area contributed by atoms with Crippen LogP contribution in [0.3, 0.4) is 0 Å². The number of benzene rings is 2. The van der Waals surface area contributed by atoms with Gasteiger partial charge in [0.2, 0.25) is 5.09 Å². The maximum absolute atomic E-state index is 13.6. The molecule has 0 aliphatic rings. The van der Waals surface area contributed by atoms with Crippen LogP contribution in [0.15, 0.2) is 76.4 Å². The largest absolute Gasteiger partial charge is 0.508 e. The summed E-state index contributed by atoms with van der Waals surface area (Å²) < 4.78 is 39.4. The van der Waals surface area contributed by atoms with Crippen molar-refractivity contribution in [3.63, 3.8) is 0 Å². The van der Waals surface area contributed by atoms with E-state index in [4.69, 9.17) is 9.15 Å². The van der Waals surface area contributed by atoms with E-state index in [-0.39, 0.29) is 17.4 Å². The summed E-state index contributed by atoms with van der Waals surface area (Å²) >= 11 is 0. The number of amides is 1. The number of phenolic OH excluding ortho intramolecular Hbond substituents is 1. The number of carbonyl (C=O) groups excluding carboxylic acids is 1. The van der Waals surface area contributed by atoms with Gasteiger partial charge in [0.05, 0.1) is 12.2 Å². The molecule has 178 valence electrons. The van der Waals surface area contributed by atoms with Crippen molar-refractivity contribution in [2.75, 3.05) is 7.05 Å². The lowest BCUT2D eigenvalue weighted by atomic mass is 10.1. The first-order valence-corrected chi connectivity index (χ1v) is 12.1. The first kappa shape index (κ1) is 23.4. The maximum atomic E-state index is 13.6. The molecule has 0 bridgehead atoms. The molecule has 0 spiro atoms. The predicted molar refractivity (Wildman–Crippen MR) is 128 cm³/mol. The Hall–Kier alpha value is -3.72. The number of aromatic nitrogens is 1. The van der Waals surface area contributed by atoms with Gasteiger partial charge >= 0.3 is 16.1 Å². The molecule has 2 aromatic heterocycles. The third-order valence-electron chi connectivity index (χ3n) is 5.03. The van der Waals surface area contributed by atoms with Crippen LogP contribution in [0.2, 0.25) is 0 Å². The van der Waals surface area contributed by atoms with Gasteiger partial charge in [0.1, 0.15) is 16.9 Å². The van der Waals surface area contributed by atoms with Crippen LogP contribution >= 0.6 is 0 Å². The van der Waals surface area contributed by atoms with E-state index in [0.29, 0.717) is 27.8 Å². The van der Waals surface area contributed by atoms with Gasteiger partial charge < -0.3 is 19.2 Å². The molecular formula is C25H26N2O6S. The summed E-state index contributed by atoms with van der Waals surface area (Å²) in [6.45, 7) is 5.43. The molecule has 0 fully saturated rings. The zero-order valence-corrected chi connectivity index (χ0v) is 20.2. The van der Waals surface area contributed by atoms with Crippen molar-refractivity contribution in [3.05, 3.63) is 72.4 Å². The minimum Gasteiger partial charge on any atom is -0.508 e. The second-order valence-electron chi connectivity index (χ2n) is 9.02. The summed E-state index contributed by atoms with van der Waals surface area (Å²) in [7, 11) is -2.55. The number of aromatic hydroxyl groups is 1. The molecule has 1 N–H and O–H groups in total. The summed E-state index contributed by atoms with van der Waals surface area (Å²) in [5.41, 5.74) is 1.17. The molecule has 0 aliphatic heterocycles. The van der Waals surface area contributed by atoms with Crippen molar-refractivity contribution in [1.29, 1.82) is 0 Å². The molecular weight excluding hydrogens is 456 g/mol. The molecule has 0 saturated carbocycles. The van der Waals surface area contributed by atoms with Crippen molar-refractivity contribution in [3.8, 4) is 17.0 Å². The van der Waals surface area contributed by atoms with E-state index in [1.165, 1.54) is 29.3 Å². The smallest absolute Gasteiger partial charge is 0.410 e. The highest BCUT2D eigenvalue weighted by molar-refractivity contribution is 7.89. The fraction of sp³-hybridized carbons (Fsp3) is 0.240. The molecule has 0 radical (unpaired) electrons. The van der Waals surface area contributed by atoms with Gasteiger partial charge in [-0.1, -0.05) is 30.3 Å². The van der Waals surface area contributed by atoms with Gasteiger partial charge in [-0.05, 0) is 50.6 Å². The van der Waals surface area contributed by atoms with Crippen molar-refractivity contribution in [2.45, 2.75) is 38.0 Å². The van der Waals surface area contributed by atoms with Crippen LogP contribution in [-0.4, -0.2) is 41.1 Å². The fourth-order valence-corrected chi connectivity index (χ4v) is 4.87. The summed E-state index contributed by atoms with van der Waals surface area (Å²) in [6, 6.07) is 16.5. The minimum atomic E-state index is -4.12. The average molecular weight is 483 g/mol. The lowest BCUT2D eigenvalue weighted by Crippen LogP contribution is -2.33. The molecule has 9 heteroatoms. The Labute approximate surface area is 198 Å². The van der Waals surface area contributed by atoms with E-state index >= 15 is 0 Å². The van der Waals surface area contributed by atoms with Crippen molar-refractivity contribution in [2.24, 2.45) is 0 Å². The van der Waals surface area contributed by atoms with Crippen LogP contribution in [0.1, 0.15) is 26.3 Å². The van der Waals surface area contributed by atoms with Gasteiger partial charge in [-0.3, -0.25) is 0 Å². The Balaban J connectivity index is 1.77. The first-order valence-electron chi connectivity index (χ1n) is 10.6. The van der Waals surface area contributed by atoms with Crippen LogP contribution in [0.25, 0.3) is 22.2 Å². The molecule has 0 atom stereocenters. The van der Waals surface area contributed by atoms with Gasteiger partial charge in [0.15, 0.2) is 0 Å². The zero-order chi connectivity index (χ0) is 24.7. The number of carbonyl (C=O) groups is 1. The van der Waals surface area contributed by atoms with Gasteiger partial charge in [0.25, 0.3) is 0 Å². The van der Waals surface area contributed by atoms with Crippen LogP contribution in [0.4, 0.5) is 4.79 Å². The van der Waals surface area contributed by atoms with Crippen molar-refractivity contribution in [1.82, 2.24) is 8.87 Å². The van der Waals surface area contributed by atoms with Crippen molar-refractivity contribution >= 4 is 27.1 Å². The summed E-state index contributed by atoms with van der Waals surface area (Å²) in [6.07, 6.45) is 0.919. The van der Waals surface area contributed by atoms with Crippen LogP contribution in [-0.2, 0) is 21.3 Å². The Morgan fingerprint density at radius 3 is 2.50 bits per heavy atom. The molecule has 1 amide bonds. The Morgan fingerprint density at radius 1 is 1.09 bits per heavy atom. The highest BCUT2D eigenvalue weighted by atomic mass is 32.2. The molecule has 0 unspecified atom stereocenters. The zero-order valence-electron chi connectivity index (χ0n) is 19.3. The second-order valence-corrected chi connectivity index (χ2v) is 10.8. The SMILES string of the molecule is CN(Cc1cc(-c2cccc(O)c2)n(S(=O)(=O)c2cc3ccccc3o2)c1)C(=O)OC(C)(C)C. The number of fused-ring (bicyclic) bond motifs is 1. The molecule has 4 rings (SSSR count). The number of rotatable bonds is 5. The van der Waals surface area contributed by atoms with E-state index < -0.39 is 21.7 Å². The highest BCUT2D eigenvalue weighted by Crippen LogP contribution is 2.31. The number of ether oxygens (including phenoxy) is 1. The standard InChI is InChI=1S/C25H26N2O6S/c1-25(2,3)33-24(29)26(4)15-17-12-21(18-9-7-10-20(28)13-18)27(16-17)34(30,31)23-14-19-8-5-6-11-22(19)32-23/h5-14,16,28H,15H2,1-4H3. The minimum absolute atomic E-state index is 0.00110. The Kier molecular flexibility index (Phi) is 5.91. The molecule has 2 heterocycles. The van der Waals surface area contributed by atoms with E-state index in [0.717, 1.165) is 3.97 Å². The third-order valence-corrected chi connectivity index (χ3v) is 6.56. The summed E-state index contributed by atoms with van der Waals surface area (Å²) in [5, 5.41) is 10.4. The predicted octanol–water partition coefficient (Wildman–Crippen LogP) is 5.21. The van der Waals surface area contributed by atoms with E-state index in [9.17, 15) is 18.3 Å². The Morgan fingerprint density at radius 2 is 1.82 bits per heavy atom. The Bertz CT molecular complexity index is 1430. The summed E-state index contributed by atoms with van der Waals surface area (Å²) in [5.74, 6) is -0.00110. The number of hydrogen-bond acceptors (Lipinski definition) is 6. The van der Waals surface area contributed by atoms with Crippen molar-refractivity contribution < 1.29 is 27.5 Å². The monoisotopic (exact) mass is 482 g/mol. The molecule has 0 saturated heterocycles. The third kappa shape index (κ3) is 4.79. The fourth-order valence-electron chi connectivity index (χ4n) is 3.52. The molecule has 34 heavy (non-hydrogen) atoms. The normalized spacial score (nSPS) is 12.1. The van der Waals surface area contributed by atoms with E-state index in [1.54, 1.807) is 70.3 Å². The molecule has 2 aromatic carbocycles. The average Bonchev–Trinajstić information content (AvgIpc) is 3.37. The number of phenols is 1. The quantitative estimate of drug-likeness (QED) is 0.419. The highest BCUT2D eigenvalue weighted by Gasteiger charge is 2.27. The van der Waals surface area contributed by atoms with Crippen LogP contribution in [0.5, 0.6) is 5.75 Å². The number of hydrogen-bond donors (Lipinski definition) is 1. The number of para-hydroxylation sites is 1. The number of furan rings is 1. The van der Waals surface area contributed by atoms with E-state index in [1.807, 2.05) is 0 Å². The number of nitrogens with zero attached hydrogens (tertiary/aromatic N) is 2. The van der Waals surface area contributed by atoms with Crippen LogP contribution < -0.4 is 0 Å². The molecule has 8 nitrogen and oxygen atoms in total. The lowest BCUT2D eigenvalue weighted by molar-refractivity contribution is 0.0285. The van der Waals surface area contributed by atoms with E-state index in [2.05, 4.69) is 0 Å². The topological polar surface area (TPSA) is 102 Å². The van der Waals surface area contributed by atoms with Gasteiger partial charge in [-0.15, -0.1) is 0 Å².